The normalized spacial score (nSPS) is 10.6. The maximum absolute atomic E-state index is 12.4. The minimum absolute atomic E-state index is 0.378. The summed E-state index contributed by atoms with van der Waals surface area (Å²) in [6.45, 7) is 1.64. The molecule has 0 aliphatic rings. The summed E-state index contributed by atoms with van der Waals surface area (Å²) in [6, 6.07) is 11.9. The highest BCUT2D eigenvalue weighted by atomic mass is 35.5. The topological polar surface area (TPSA) is 81.5 Å². The molecule has 0 N–H and O–H groups in total. The molecule has 3 rings (SSSR count). The minimum Gasteiger partial charge on any atom is -0.451 e. The fourth-order valence-corrected chi connectivity index (χ4v) is 3.45. The van der Waals surface area contributed by atoms with Gasteiger partial charge in [0.1, 0.15) is 0 Å². The number of aryl methyl sites for hydroxylation is 1. The summed E-state index contributed by atoms with van der Waals surface area (Å²) < 4.78 is 6.48. The maximum Gasteiger partial charge on any atom is 0.363 e. The Morgan fingerprint density at radius 1 is 1.24 bits per heavy atom. The van der Waals surface area contributed by atoms with Gasteiger partial charge in [0.15, 0.2) is 6.61 Å². The van der Waals surface area contributed by atoms with E-state index in [4.69, 9.17) is 16.3 Å². The number of benzene rings is 1. The Labute approximate surface area is 176 Å². The van der Waals surface area contributed by atoms with E-state index in [1.165, 1.54) is 27.0 Å². The van der Waals surface area contributed by atoms with Crippen molar-refractivity contribution in [2.24, 2.45) is 0 Å². The SMILES string of the molecule is Cc1cc(=O)c(C(=O)OCC(=O)N(C)Cc2cccs2)nn1-c1ccc(Cl)cc1. The number of carbonyl (C=O) groups is 2. The van der Waals surface area contributed by atoms with Crippen molar-refractivity contribution in [1.82, 2.24) is 14.7 Å². The second kappa shape index (κ2) is 9.02. The Morgan fingerprint density at radius 3 is 2.62 bits per heavy atom. The Hall–Kier alpha value is -2.97. The van der Waals surface area contributed by atoms with Gasteiger partial charge in [-0.1, -0.05) is 17.7 Å². The largest absolute Gasteiger partial charge is 0.451 e. The molecule has 1 amide bonds. The van der Waals surface area contributed by atoms with E-state index in [0.717, 1.165) is 4.88 Å². The van der Waals surface area contributed by atoms with E-state index in [0.29, 0.717) is 22.9 Å². The smallest absolute Gasteiger partial charge is 0.363 e. The van der Waals surface area contributed by atoms with E-state index in [2.05, 4.69) is 5.10 Å². The molecule has 0 spiro atoms. The first-order chi connectivity index (χ1) is 13.8. The number of rotatable bonds is 6. The number of hydrogen-bond donors (Lipinski definition) is 0. The van der Waals surface area contributed by atoms with Crippen molar-refractivity contribution in [3.05, 3.63) is 79.4 Å². The summed E-state index contributed by atoms with van der Waals surface area (Å²) in [5.41, 5.74) is 0.213. The first-order valence-electron chi connectivity index (χ1n) is 8.65. The third-order valence-corrected chi connectivity index (χ3v) is 5.21. The second-order valence-electron chi connectivity index (χ2n) is 6.29. The summed E-state index contributed by atoms with van der Waals surface area (Å²) in [4.78, 5) is 39.3. The number of esters is 1. The van der Waals surface area contributed by atoms with Crippen molar-refractivity contribution in [1.29, 1.82) is 0 Å². The fourth-order valence-electron chi connectivity index (χ4n) is 2.56. The van der Waals surface area contributed by atoms with Crippen molar-refractivity contribution < 1.29 is 14.3 Å². The van der Waals surface area contributed by atoms with Crippen LogP contribution in [-0.4, -0.2) is 40.2 Å². The number of amides is 1. The summed E-state index contributed by atoms with van der Waals surface area (Å²) in [7, 11) is 1.62. The van der Waals surface area contributed by atoms with Gasteiger partial charge in [0.2, 0.25) is 11.1 Å². The first-order valence-corrected chi connectivity index (χ1v) is 9.91. The number of hydrogen-bond acceptors (Lipinski definition) is 6. The number of aromatic nitrogens is 2. The van der Waals surface area contributed by atoms with Crippen LogP contribution in [0.25, 0.3) is 5.69 Å². The molecule has 0 bridgehead atoms. The average Bonchev–Trinajstić information content (AvgIpc) is 3.20. The van der Waals surface area contributed by atoms with Gasteiger partial charge < -0.3 is 9.64 Å². The maximum atomic E-state index is 12.4. The molecule has 2 heterocycles. The molecule has 0 aliphatic carbocycles. The van der Waals surface area contributed by atoms with Crippen LogP contribution in [-0.2, 0) is 16.1 Å². The molecule has 150 valence electrons. The van der Waals surface area contributed by atoms with Crippen molar-refractivity contribution in [3.63, 3.8) is 0 Å². The van der Waals surface area contributed by atoms with Gasteiger partial charge in [-0.15, -0.1) is 11.3 Å². The molecule has 0 saturated carbocycles. The van der Waals surface area contributed by atoms with Gasteiger partial charge in [-0.25, -0.2) is 9.48 Å². The molecule has 9 heteroatoms. The second-order valence-corrected chi connectivity index (χ2v) is 7.76. The van der Waals surface area contributed by atoms with Crippen molar-refractivity contribution in [3.8, 4) is 5.69 Å². The molecular weight excluding hydrogens is 414 g/mol. The first kappa shape index (κ1) is 20.8. The van der Waals surface area contributed by atoms with Gasteiger partial charge >= 0.3 is 5.97 Å². The van der Waals surface area contributed by atoms with Crippen LogP contribution in [0.1, 0.15) is 21.1 Å². The van der Waals surface area contributed by atoms with Crippen molar-refractivity contribution >= 4 is 34.8 Å². The molecule has 0 fully saturated rings. The lowest BCUT2D eigenvalue weighted by Gasteiger charge is -2.16. The molecule has 7 nitrogen and oxygen atoms in total. The molecule has 1 aromatic carbocycles. The van der Waals surface area contributed by atoms with Crippen LogP contribution in [0, 0.1) is 6.92 Å². The lowest BCUT2D eigenvalue weighted by atomic mass is 10.3. The molecule has 0 saturated heterocycles. The van der Waals surface area contributed by atoms with E-state index in [9.17, 15) is 14.4 Å². The standard InChI is InChI=1S/C20H18ClN3O4S/c1-13-10-17(25)19(22-24(13)15-7-5-14(21)6-8-15)20(27)28-12-18(26)23(2)11-16-4-3-9-29-16/h3-10H,11-12H2,1-2H3. The molecule has 0 aliphatic heterocycles. The summed E-state index contributed by atoms with van der Waals surface area (Å²) in [5, 5.41) is 6.59. The molecule has 29 heavy (non-hydrogen) atoms. The van der Waals surface area contributed by atoms with Crippen LogP contribution < -0.4 is 5.43 Å². The number of carbonyl (C=O) groups excluding carboxylic acids is 2. The van der Waals surface area contributed by atoms with Crippen LogP contribution in [0.2, 0.25) is 5.02 Å². The highest BCUT2D eigenvalue weighted by molar-refractivity contribution is 7.09. The van der Waals surface area contributed by atoms with Gasteiger partial charge in [0, 0.05) is 28.7 Å². The van der Waals surface area contributed by atoms with Crippen LogP contribution in [0.15, 0.2) is 52.6 Å². The zero-order valence-corrected chi connectivity index (χ0v) is 17.4. The zero-order valence-electron chi connectivity index (χ0n) is 15.8. The van der Waals surface area contributed by atoms with Gasteiger partial charge in [-0.3, -0.25) is 9.59 Å². The Bertz CT molecular complexity index is 1080. The van der Waals surface area contributed by atoms with Crippen LogP contribution >= 0.6 is 22.9 Å². The summed E-state index contributed by atoms with van der Waals surface area (Å²) in [6.07, 6.45) is 0. The molecule has 2 aromatic heterocycles. The number of nitrogens with zero attached hydrogens (tertiary/aromatic N) is 3. The van der Waals surface area contributed by atoms with E-state index in [-0.39, 0.29) is 11.6 Å². The van der Waals surface area contributed by atoms with Crippen molar-refractivity contribution in [2.75, 3.05) is 13.7 Å². The number of thiophene rings is 1. The highest BCUT2D eigenvalue weighted by Gasteiger charge is 2.19. The lowest BCUT2D eigenvalue weighted by Crippen LogP contribution is -2.32. The van der Waals surface area contributed by atoms with Crippen LogP contribution in [0.4, 0.5) is 0 Å². The van der Waals surface area contributed by atoms with Crippen molar-refractivity contribution in [2.45, 2.75) is 13.5 Å². The van der Waals surface area contributed by atoms with Gasteiger partial charge in [-0.2, -0.15) is 5.10 Å². The fraction of sp³-hybridized carbons (Fsp3) is 0.200. The Balaban J connectivity index is 1.71. The number of ether oxygens (including phenoxy) is 1. The Morgan fingerprint density at radius 2 is 1.97 bits per heavy atom. The minimum atomic E-state index is -0.949. The monoisotopic (exact) mass is 431 g/mol. The van der Waals surface area contributed by atoms with E-state index in [1.54, 1.807) is 38.2 Å². The molecule has 0 atom stereocenters. The zero-order chi connectivity index (χ0) is 21.0. The lowest BCUT2D eigenvalue weighted by molar-refractivity contribution is -0.133. The van der Waals surface area contributed by atoms with Crippen LogP contribution in [0.3, 0.4) is 0 Å². The van der Waals surface area contributed by atoms with Gasteiger partial charge in [0.05, 0.1) is 12.2 Å². The predicted molar refractivity (Wildman–Crippen MR) is 111 cm³/mol. The number of halogens is 1. The van der Waals surface area contributed by atoms with E-state index < -0.39 is 18.0 Å². The highest BCUT2D eigenvalue weighted by Crippen LogP contribution is 2.14. The third kappa shape index (κ3) is 5.10. The molecule has 0 radical (unpaired) electrons. The van der Waals surface area contributed by atoms with Gasteiger partial charge in [0.25, 0.3) is 5.91 Å². The summed E-state index contributed by atoms with van der Waals surface area (Å²) >= 11 is 7.43. The average molecular weight is 432 g/mol. The quantitative estimate of drug-likeness (QED) is 0.560. The van der Waals surface area contributed by atoms with E-state index in [1.807, 2.05) is 17.5 Å². The third-order valence-electron chi connectivity index (χ3n) is 4.10. The summed E-state index contributed by atoms with van der Waals surface area (Å²) in [5.74, 6) is -1.33. The predicted octanol–water partition coefficient (Wildman–Crippen LogP) is 3.07. The van der Waals surface area contributed by atoms with E-state index >= 15 is 0 Å². The molecular formula is C20H18ClN3O4S. The number of likely N-dealkylation sites (N-methyl/N-ethyl adjacent to an activating group) is 1. The Kier molecular flexibility index (Phi) is 6.46. The molecule has 0 unspecified atom stereocenters. The van der Waals surface area contributed by atoms with Crippen LogP contribution in [0.5, 0.6) is 0 Å². The molecule has 3 aromatic rings. The van der Waals surface area contributed by atoms with Gasteiger partial charge in [-0.05, 0) is 42.6 Å².